The number of esters is 2. The van der Waals surface area contributed by atoms with Gasteiger partial charge in [0.05, 0.1) is 6.26 Å². The van der Waals surface area contributed by atoms with Gasteiger partial charge in [-0.15, -0.1) is 0 Å². The molecule has 1 aliphatic heterocycles. The Balaban J connectivity index is 1.76. The maximum atomic E-state index is 12.7. The average molecular weight is 602 g/mol. The normalized spacial score (nSPS) is 16.2. The van der Waals surface area contributed by atoms with Crippen LogP contribution in [-0.4, -0.2) is 17.7 Å². The number of hydrogen-bond donors (Lipinski definition) is 2. The Morgan fingerprint density at radius 3 is 2.00 bits per heavy atom. The van der Waals surface area contributed by atoms with Gasteiger partial charge >= 0.3 is 11.9 Å². The van der Waals surface area contributed by atoms with Crippen LogP contribution < -0.4 is 10.6 Å². The van der Waals surface area contributed by atoms with Crippen molar-refractivity contribution in [3.8, 4) is 0 Å². The molecule has 0 spiro atoms. The fraction of sp³-hybridized carbons (Fsp3) is 0.154. The number of halogens is 2. The van der Waals surface area contributed by atoms with Gasteiger partial charge < -0.3 is 24.5 Å². The van der Waals surface area contributed by atoms with E-state index in [1.165, 1.54) is 19.9 Å². The van der Waals surface area contributed by atoms with E-state index in [9.17, 15) is 9.59 Å². The lowest BCUT2D eigenvalue weighted by Crippen LogP contribution is -2.42. The van der Waals surface area contributed by atoms with Gasteiger partial charge in [0.15, 0.2) is 0 Å². The standard InChI is InChI=1S/C26H22Br2N2O5/c1-26(2)34-24(31)21(25(32)35-26)14-16(15-29-19-9-5-17(27)6-10-19)23(22-4-3-13-33-22)30-20-11-7-18(28)8-12-20/h3-15,23,29-30H,1-2H3/b16-15+/t23-/m1/s1. The van der Waals surface area contributed by atoms with Crippen LogP contribution in [0.25, 0.3) is 0 Å². The molecule has 9 heteroatoms. The van der Waals surface area contributed by atoms with Gasteiger partial charge in [-0.1, -0.05) is 31.9 Å². The molecule has 0 unspecified atom stereocenters. The van der Waals surface area contributed by atoms with Gasteiger partial charge in [-0.2, -0.15) is 0 Å². The minimum Gasteiger partial charge on any atom is -0.467 e. The molecule has 2 aromatic carbocycles. The molecule has 0 bridgehead atoms. The average Bonchev–Trinajstić information content (AvgIpc) is 3.33. The number of rotatable bonds is 7. The molecule has 4 rings (SSSR count). The lowest BCUT2D eigenvalue weighted by molar-refractivity contribution is -0.222. The van der Waals surface area contributed by atoms with Crippen molar-refractivity contribution in [2.45, 2.75) is 25.7 Å². The predicted octanol–water partition coefficient (Wildman–Crippen LogP) is 6.72. The fourth-order valence-electron chi connectivity index (χ4n) is 3.35. The molecule has 3 aromatic rings. The SMILES string of the molecule is CC1(C)OC(=O)C(=C/C(=C\Nc2ccc(Br)cc2)[C@@H](Nc2ccc(Br)cc2)c2ccco2)C(=O)O1. The maximum absolute atomic E-state index is 12.7. The lowest BCUT2D eigenvalue weighted by Gasteiger charge is -2.30. The molecule has 35 heavy (non-hydrogen) atoms. The summed E-state index contributed by atoms with van der Waals surface area (Å²) in [5.74, 6) is -2.28. The molecule has 7 nitrogen and oxygen atoms in total. The number of hydrogen-bond acceptors (Lipinski definition) is 7. The first-order valence-electron chi connectivity index (χ1n) is 10.7. The Kier molecular flexibility index (Phi) is 7.47. The van der Waals surface area contributed by atoms with Gasteiger partial charge in [-0.3, -0.25) is 0 Å². The van der Waals surface area contributed by atoms with Crippen LogP contribution in [-0.2, 0) is 19.1 Å². The van der Waals surface area contributed by atoms with E-state index in [2.05, 4.69) is 42.5 Å². The van der Waals surface area contributed by atoms with Crippen LogP contribution in [0.4, 0.5) is 11.4 Å². The van der Waals surface area contributed by atoms with Gasteiger partial charge in [0, 0.05) is 40.4 Å². The van der Waals surface area contributed by atoms with Crippen molar-refractivity contribution in [2.24, 2.45) is 0 Å². The highest BCUT2D eigenvalue weighted by Crippen LogP contribution is 2.32. The number of carbonyl (C=O) groups is 2. The molecule has 0 amide bonds. The molecule has 1 fully saturated rings. The number of nitrogens with one attached hydrogen (secondary N) is 2. The lowest BCUT2D eigenvalue weighted by atomic mass is 10.0. The maximum Gasteiger partial charge on any atom is 0.348 e. The zero-order valence-corrected chi connectivity index (χ0v) is 22.1. The van der Waals surface area contributed by atoms with Crippen LogP contribution in [0.15, 0.2) is 104 Å². The van der Waals surface area contributed by atoms with Crippen molar-refractivity contribution >= 4 is 55.2 Å². The van der Waals surface area contributed by atoms with Gasteiger partial charge in [0.25, 0.3) is 5.79 Å². The zero-order valence-electron chi connectivity index (χ0n) is 18.9. The van der Waals surface area contributed by atoms with E-state index in [4.69, 9.17) is 13.9 Å². The molecule has 1 saturated heterocycles. The number of anilines is 2. The summed E-state index contributed by atoms with van der Waals surface area (Å²) in [4.78, 5) is 25.4. The van der Waals surface area contributed by atoms with Crippen LogP contribution in [0.3, 0.4) is 0 Å². The summed E-state index contributed by atoms with van der Waals surface area (Å²) in [6, 6.07) is 18.2. The number of cyclic esters (lactones) is 2. The fourth-order valence-corrected chi connectivity index (χ4v) is 3.88. The van der Waals surface area contributed by atoms with E-state index in [1.54, 1.807) is 18.5 Å². The van der Waals surface area contributed by atoms with E-state index in [-0.39, 0.29) is 5.57 Å². The monoisotopic (exact) mass is 600 g/mol. The number of ether oxygens (including phenoxy) is 2. The molecule has 180 valence electrons. The summed E-state index contributed by atoms with van der Waals surface area (Å²) in [5, 5.41) is 6.63. The predicted molar refractivity (Wildman–Crippen MR) is 139 cm³/mol. The van der Waals surface area contributed by atoms with Crippen molar-refractivity contribution in [1.29, 1.82) is 0 Å². The highest BCUT2D eigenvalue weighted by molar-refractivity contribution is 9.10. The van der Waals surface area contributed by atoms with Crippen LogP contribution in [0, 0.1) is 0 Å². The van der Waals surface area contributed by atoms with Crippen molar-refractivity contribution in [3.05, 3.63) is 105 Å². The quantitative estimate of drug-likeness (QED) is 0.177. The molecule has 1 atom stereocenters. The molecule has 2 heterocycles. The van der Waals surface area contributed by atoms with E-state index in [1.807, 2.05) is 54.6 Å². The topological polar surface area (TPSA) is 89.8 Å². The van der Waals surface area contributed by atoms with Gasteiger partial charge in [-0.25, -0.2) is 9.59 Å². The van der Waals surface area contributed by atoms with E-state index in [0.29, 0.717) is 11.3 Å². The molecule has 2 N–H and O–H groups in total. The third-order valence-electron chi connectivity index (χ3n) is 4.99. The minimum atomic E-state index is -1.33. The second kappa shape index (κ2) is 10.5. The van der Waals surface area contributed by atoms with Crippen LogP contribution in [0.5, 0.6) is 0 Å². The summed E-state index contributed by atoms with van der Waals surface area (Å²) >= 11 is 6.86. The second-order valence-electron chi connectivity index (χ2n) is 8.13. The third kappa shape index (κ3) is 6.43. The summed E-state index contributed by atoms with van der Waals surface area (Å²) in [7, 11) is 0. The molecule has 1 aromatic heterocycles. The van der Waals surface area contributed by atoms with Crippen molar-refractivity contribution in [3.63, 3.8) is 0 Å². The Morgan fingerprint density at radius 2 is 1.46 bits per heavy atom. The van der Waals surface area contributed by atoms with Crippen molar-refractivity contribution in [2.75, 3.05) is 10.6 Å². The van der Waals surface area contributed by atoms with Crippen LogP contribution in [0.1, 0.15) is 25.6 Å². The molecule has 0 saturated carbocycles. The van der Waals surface area contributed by atoms with Crippen LogP contribution >= 0.6 is 31.9 Å². The second-order valence-corrected chi connectivity index (χ2v) is 9.96. The third-order valence-corrected chi connectivity index (χ3v) is 6.05. The molecule has 0 radical (unpaired) electrons. The van der Waals surface area contributed by atoms with Gasteiger partial charge in [0.1, 0.15) is 17.4 Å². The zero-order chi connectivity index (χ0) is 25.0. The molecular weight excluding hydrogens is 580 g/mol. The van der Waals surface area contributed by atoms with Crippen molar-refractivity contribution < 1.29 is 23.5 Å². The first-order chi connectivity index (χ1) is 16.7. The summed E-state index contributed by atoms with van der Waals surface area (Å²) in [5.41, 5.74) is 1.93. The summed E-state index contributed by atoms with van der Waals surface area (Å²) in [6.45, 7) is 3.01. The van der Waals surface area contributed by atoms with Gasteiger partial charge in [0.2, 0.25) is 0 Å². The smallest absolute Gasteiger partial charge is 0.348 e. The van der Waals surface area contributed by atoms with Gasteiger partial charge in [-0.05, 0) is 72.3 Å². The van der Waals surface area contributed by atoms with E-state index in [0.717, 1.165) is 20.3 Å². The highest BCUT2D eigenvalue weighted by Gasteiger charge is 2.39. The Bertz CT molecular complexity index is 1240. The Hall–Kier alpha value is -3.30. The van der Waals surface area contributed by atoms with E-state index < -0.39 is 23.8 Å². The minimum absolute atomic E-state index is 0.220. The summed E-state index contributed by atoms with van der Waals surface area (Å²) < 4.78 is 18.1. The van der Waals surface area contributed by atoms with Crippen LogP contribution in [0.2, 0.25) is 0 Å². The van der Waals surface area contributed by atoms with E-state index >= 15 is 0 Å². The number of benzene rings is 2. The Labute approximate surface area is 219 Å². The number of carbonyl (C=O) groups excluding carboxylic acids is 2. The summed E-state index contributed by atoms with van der Waals surface area (Å²) in [6.07, 6.45) is 4.71. The first-order valence-corrected chi connectivity index (χ1v) is 12.2. The van der Waals surface area contributed by atoms with Crippen molar-refractivity contribution in [1.82, 2.24) is 0 Å². The molecule has 0 aliphatic carbocycles. The molecule has 1 aliphatic rings. The first kappa shape index (κ1) is 24.8. The Morgan fingerprint density at radius 1 is 0.886 bits per heavy atom. The molecular formula is C26H22Br2N2O5. The number of furan rings is 1. The largest absolute Gasteiger partial charge is 0.467 e. The highest BCUT2D eigenvalue weighted by atomic mass is 79.9.